The van der Waals surface area contributed by atoms with Crippen LogP contribution in [0.1, 0.15) is 22.3 Å². The molecule has 0 radical (unpaired) electrons. The molecule has 29 heavy (non-hydrogen) atoms. The second-order valence-corrected chi connectivity index (χ2v) is 7.12. The first-order valence-electron chi connectivity index (χ1n) is 9.81. The summed E-state index contributed by atoms with van der Waals surface area (Å²) < 4.78 is 0. The summed E-state index contributed by atoms with van der Waals surface area (Å²) in [6.45, 7) is 2.10. The van der Waals surface area contributed by atoms with Crippen molar-refractivity contribution in [1.82, 2.24) is 20.3 Å². The number of nitrogens with two attached hydrogens (primary N) is 1. The lowest BCUT2D eigenvalue weighted by molar-refractivity contribution is 0.0940. The van der Waals surface area contributed by atoms with Crippen molar-refractivity contribution in [2.45, 2.75) is 18.9 Å². The quantitative estimate of drug-likeness (QED) is 0.671. The second-order valence-electron chi connectivity index (χ2n) is 7.12. The number of hydrogen-bond acceptors (Lipinski definition) is 6. The Balaban J connectivity index is 1.38. The minimum absolute atomic E-state index is 0.0545. The van der Waals surface area contributed by atoms with Crippen LogP contribution in [0, 0.1) is 0 Å². The molecule has 3 N–H and O–H groups in total. The predicted octanol–water partition coefficient (Wildman–Crippen LogP) is 2.05. The van der Waals surface area contributed by atoms with Gasteiger partial charge in [-0.15, -0.1) is 0 Å². The van der Waals surface area contributed by atoms with Gasteiger partial charge in [-0.3, -0.25) is 9.78 Å². The van der Waals surface area contributed by atoms with E-state index in [1.54, 1.807) is 18.6 Å². The van der Waals surface area contributed by atoms with E-state index in [1.807, 2.05) is 42.5 Å². The Labute approximate surface area is 170 Å². The first kappa shape index (κ1) is 19.0. The summed E-state index contributed by atoms with van der Waals surface area (Å²) in [4.78, 5) is 27.9. The van der Waals surface area contributed by atoms with E-state index in [0.29, 0.717) is 24.6 Å². The Bertz CT molecular complexity index is 961. The molecule has 0 spiro atoms. The van der Waals surface area contributed by atoms with E-state index in [-0.39, 0.29) is 11.9 Å². The van der Waals surface area contributed by atoms with Crippen LogP contribution < -0.4 is 16.0 Å². The van der Waals surface area contributed by atoms with Crippen LogP contribution in [0.5, 0.6) is 0 Å². The molecule has 1 fully saturated rings. The molecule has 3 aromatic rings. The minimum atomic E-state index is -0.0545. The Hall–Kier alpha value is -3.32. The average molecular weight is 388 g/mol. The van der Waals surface area contributed by atoms with Gasteiger partial charge >= 0.3 is 0 Å². The first-order chi connectivity index (χ1) is 14.2. The van der Waals surface area contributed by atoms with E-state index in [2.05, 4.69) is 25.2 Å². The molecule has 148 valence electrons. The number of aromatic nitrogens is 3. The fourth-order valence-corrected chi connectivity index (χ4v) is 3.49. The highest BCUT2D eigenvalue weighted by Gasteiger charge is 2.26. The summed E-state index contributed by atoms with van der Waals surface area (Å²) in [6, 6.07) is 13.4. The smallest absolute Gasteiger partial charge is 0.251 e. The zero-order chi connectivity index (χ0) is 20.1. The highest BCUT2D eigenvalue weighted by molar-refractivity contribution is 5.94. The number of rotatable bonds is 6. The summed E-state index contributed by atoms with van der Waals surface area (Å²) in [5, 5.41) is 3.12. The van der Waals surface area contributed by atoms with Gasteiger partial charge in [0.25, 0.3) is 5.91 Å². The van der Waals surface area contributed by atoms with Gasteiger partial charge < -0.3 is 16.0 Å². The molecule has 0 bridgehead atoms. The monoisotopic (exact) mass is 388 g/mol. The molecule has 2 aromatic heterocycles. The summed E-state index contributed by atoms with van der Waals surface area (Å²) >= 11 is 0. The second kappa shape index (κ2) is 8.79. The molecular formula is C22H24N6O. The van der Waals surface area contributed by atoms with Gasteiger partial charge in [-0.25, -0.2) is 9.97 Å². The van der Waals surface area contributed by atoms with Crippen molar-refractivity contribution in [3.05, 3.63) is 72.2 Å². The van der Waals surface area contributed by atoms with Gasteiger partial charge in [-0.2, -0.15) is 0 Å². The summed E-state index contributed by atoms with van der Waals surface area (Å²) in [7, 11) is 0. The minimum Gasteiger partial charge on any atom is -0.347 e. The Morgan fingerprint density at radius 2 is 2.03 bits per heavy atom. The first-order valence-corrected chi connectivity index (χ1v) is 9.81. The molecule has 1 aliphatic heterocycles. The molecule has 1 saturated heterocycles. The van der Waals surface area contributed by atoms with Gasteiger partial charge in [-0.05, 0) is 55.3 Å². The number of hydrogen-bond donors (Lipinski definition) is 2. The molecule has 1 unspecified atom stereocenters. The summed E-state index contributed by atoms with van der Waals surface area (Å²) in [5.41, 5.74) is 9.18. The molecule has 7 heteroatoms. The van der Waals surface area contributed by atoms with Crippen LogP contribution in [0.3, 0.4) is 0 Å². The standard InChI is InChI=1S/C22H24N6O/c23-10-7-16-3-5-17(6-4-16)21(29)26-19-9-13-28(15-19)22-25-12-8-20(27-22)18-2-1-11-24-14-18/h1-6,8,11-12,14,19H,7,9-10,13,15,23H2,(H,26,29). The molecule has 4 rings (SSSR count). The molecule has 0 aliphatic carbocycles. The Morgan fingerprint density at radius 1 is 1.17 bits per heavy atom. The Kier molecular flexibility index (Phi) is 5.76. The van der Waals surface area contributed by atoms with Crippen LogP contribution in [0.2, 0.25) is 0 Å². The average Bonchev–Trinajstić information content (AvgIpc) is 3.24. The number of amides is 1. The largest absolute Gasteiger partial charge is 0.347 e. The van der Waals surface area contributed by atoms with E-state index in [9.17, 15) is 4.79 Å². The van der Waals surface area contributed by atoms with Crippen LogP contribution in [-0.2, 0) is 6.42 Å². The van der Waals surface area contributed by atoms with E-state index < -0.39 is 0 Å². The highest BCUT2D eigenvalue weighted by Crippen LogP contribution is 2.21. The van der Waals surface area contributed by atoms with Crippen LogP contribution in [0.4, 0.5) is 5.95 Å². The molecule has 1 atom stereocenters. The predicted molar refractivity (Wildman–Crippen MR) is 113 cm³/mol. The fraction of sp³-hybridized carbons (Fsp3) is 0.273. The van der Waals surface area contributed by atoms with Gasteiger partial charge in [0.15, 0.2) is 0 Å². The number of carbonyl (C=O) groups is 1. The molecule has 1 aromatic carbocycles. The summed E-state index contributed by atoms with van der Waals surface area (Å²) in [5.74, 6) is 0.621. The maximum Gasteiger partial charge on any atom is 0.251 e. The van der Waals surface area contributed by atoms with E-state index >= 15 is 0 Å². The van der Waals surface area contributed by atoms with Crippen LogP contribution in [0.25, 0.3) is 11.3 Å². The third-order valence-corrected chi connectivity index (χ3v) is 5.06. The van der Waals surface area contributed by atoms with E-state index in [0.717, 1.165) is 36.2 Å². The Morgan fingerprint density at radius 3 is 2.79 bits per heavy atom. The number of anilines is 1. The molecule has 3 heterocycles. The maximum absolute atomic E-state index is 12.6. The summed E-state index contributed by atoms with van der Waals surface area (Å²) in [6.07, 6.45) is 6.97. The highest BCUT2D eigenvalue weighted by atomic mass is 16.1. The number of nitrogens with zero attached hydrogens (tertiary/aromatic N) is 4. The zero-order valence-electron chi connectivity index (χ0n) is 16.2. The lowest BCUT2D eigenvalue weighted by atomic mass is 10.1. The van der Waals surface area contributed by atoms with Crippen LogP contribution in [-0.4, -0.2) is 46.5 Å². The topological polar surface area (TPSA) is 97.0 Å². The number of nitrogens with one attached hydrogen (secondary N) is 1. The third kappa shape index (κ3) is 4.57. The van der Waals surface area contributed by atoms with Crippen molar-refractivity contribution in [2.24, 2.45) is 5.73 Å². The van der Waals surface area contributed by atoms with Crippen molar-refractivity contribution in [2.75, 3.05) is 24.5 Å². The van der Waals surface area contributed by atoms with E-state index in [4.69, 9.17) is 5.73 Å². The molecule has 7 nitrogen and oxygen atoms in total. The fourth-order valence-electron chi connectivity index (χ4n) is 3.49. The third-order valence-electron chi connectivity index (χ3n) is 5.06. The van der Waals surface area contributed by atoms with E-state index in [1.165, 1.54) is 0 Å². The number of carbonyl (C=O) groups excluding carboxylic acids is 1. The lowest BCUT2D eigenvalue weighted by Crippen LogP contribution is -2.37. The van der Waals surface area contributed by atoms with Crippen molar-refractivity contribution in [3.8, 4) is 11.3 Å². The number of benzene rings is 1. The van der Waals surface area contributed by atoms with Gasteiger partial charge in [0, 0.05) is 48.8 Å². The van der Waals surface area contributed by atoms with Gasteiger partial charge in [0.1, 0.15) is 0 Å². The lowest BCUT2D eigenvalue weighted by Gasteiger charge is -2.17. The maximum atomic E-state index is 12.6. The zero-order valence-corrected chi connectivity index (χ0v) is 16.2. The molecular weight excluding hydrogens is 364 g/mol. The van der Waals surface area contributed by atoms with Crippen molar-refractivity contribution < 1.29 is 4.79 Å². The normalized spacial score (nSPS) is 16.0. The molecule has 1 aliphatic rings. The SMILES string of the molecule is NCCc1ccc(C(=O)NC2CCN(c3nccc(-c4cccnc4)n3)C2)cc1. The van der Waals surface area contributed by atoms with Crippen molar-refractivity contribution in [3.63, 3.8) is 0 Å². The molecule has 0 saturated carbocycles. The van der Waals surface area contributed by atoms with Gasteiger partial charge in [0.05, 0.1) is 5.69 Å². The van der Waals surface area contributed by atoms with Crippen molar-refractivity contribution >= 4 is 11.9 Å². The van der Waals surface area contributed by atoms with Crippen molar-refractivity contribution in [1.29, 1.82) is 0 Å². The van der Waals surface area contributed by atoms with Crippen LogP contribution in [0.15, 0.2) is 61.1 Å². The van der Waals surface area contributed by atoms with Gasteiger partial charge in [-0.1, -0.05) is 12.1 Å². The van der Waals surface area contributed by atoms with Crippen LogP contribution >= 0.6 is 0 Å². The van der Waals surface area contributed by atoms with Gasteiger partial charge in [0.2, 0.25) is 5.95 Å². The number of pyridine rings is 1. The molecule has 1 amide bonds.